The fraction of sp³-hybridized carbons (Fsp3) is 0.263. The second-order valence-corrected chi connectivity index (χ2v) is 6.71. The molecule has 0 unspecified atom stereocenters. The van der Waals surface area contributed by atoms with Crippen molar-refractivity contribution in [2.45, 2.75) is 17.1 Å². The maximum atomic E-state index is 12.0. The third-order valence-electron chi connectivity index (χ3n) is 3.40. The van der Waals surface area contributed by atoms with Crippen LogP contribution in [-0.4, -0.2) is 38.0 Å². The van der Waals surface area contributed by atoms with Crippen molar-refractivity contribution >= 4 is 29.3 Å². The van der Waals surface area contributed by atoms with Gasteiger partial charge in [-0.15, -0.1) is 11.8 Å². The largest absolute Gasteiger partial charge is 0.493 e. The number of hydrogen-bond acceptors (Lipinski definition) is 6. The lowest BCUT2D eigenvalue weighted by molar-refractivity contribution is -0.146. The van der Waals surface area contributed by atoms with Crippen LogP contribution in [0.2, 0.25) is 0 Å². The molecule has 0 aromatic heterocycles. The highest BCUT2D eigenvalue weighted by atomic mass is 32.2. The molecule has 0 aliphatic carbocycles. The van der Waals surface area contributed by atoms with Crippen LogP contribution in [0.3, 0.4) is 0 Å². The van der Waals surface area contributed by atoms with E-state index >= 15 is 0 Å². The second-order valence-electron chi connectivity index (χ2n) is 5.30. The van der Waals surface area contributed by atoms with Gasteiger partial charge >= 0.3 is 5.97 Å². The van der Waals surface area contributed by atoms with Gasteiger partial charge in [0.05, 0.1) is 14.2 Å². The predicted octanol–water partition coefficient (Wildman–Crippen LogP) is 3.37. The average Bonchev–Trinajstić information content (AvgIpc) is 2.66. The molecule has 7 heteroatoms. The molecular formula is C19H21NO5S. The third-order valence-corrected chi connectivity index (χ3v) is 4.49. The van der Waals surface area contributed by atoms with Gasteiger partial charge in [0.2, 0.25) is 0 Å². The van der Waals surface area contributed by atoms with Crippen LogP contribution in [0.1, 0.15) is 6.92 Å². The molecule has 0 radical (unpaired) electrons. The summed E-state index contributed by atoms with van der Waals surface area (Å²) in [7, 11) is 3.04. The Morgan fingerprint density at radius 3 is 2.38 bits per heavy atom. The Hall–Kier alpha value is -2.67. The molecule has 1 atom stereocenters. The Labute approximate surface area is 156 Å². The molecule has 2 aromatic carbocycles. The van der Waals surface area contributed by atoms with E-state index in [1.54, 1.807) is 25.1 Å². The number of carbonyl (C=O) groups excluding carboxylic acids is 2. The van der Waals surface area contributed by atoms with Gasteiger partial charge in [-0.25, -0.2) is 0 Å². The number of thioether (sulfide) groups is 1. The number of benzene rings is 2. The minimum atomic E-state index is -0.443. The number of rotatable bonds is 8. The van der Waals surface area contributed by atoms with Crippen LogP contribution in [0.25, 0.3) is 0 Å². The minimum absolute atomic E-state index is 0.354. The number of ether oxygens (including phenoxy) is 3. The summed E-state index contributed by atoms with van der Waals surface area (Å²) in [6.45, 7) is 1.39. The summed E-state index contributed by atoms with van der Waals surface area (Å²) in [4.78, 5) is 25.0. The van der Waals surface area contributed by atoms with E-state index in [9.17, 15) is 9.59 Å². The van der Waals surface area contributed by atoms with Gasteiger partial charge in [0.1, 0.15) is 5.25 Å². The van der Waals surface area contributed by atoms with Crippen LogP contribution < -0.4 is 14.8 Å². The van der Waals surface area contributed by atoms with Crippen molar-refractivity contribution in [1.82, 2.24) is 0 Å². The lowest BCUT2D eigenvalue weighted by Gasteiger charge is -2.12. The minimum Gasteiger partial charge on any atom is -0.493 e. The Balaban J connectivity index is 1.83. The number of carbonyl (C=O) groups is 2. The van der Waals surface area contributed by atoms with Gasteiger partial charge in [-0.1, -0.05) is 18.2 Å². The second kappa shape index (κ2) is 9.72. The summed E-state index contributed by atoms with van der Waals surface area (Å²) in [6, 6.07) is 14.5. The van der Waals surface area contributed by atoms with Crippen LogP contribution in [-0.2, 0) is 14.3 Å². The summed E-state index contributed by atoms with van der Waals surface area (Å²) in [5.41, 5.74) is 0.524. The number of hydrogen-bond donors (Lipinski definition) is 1. The molecule has 0 spiro atoms. The van der Waals surface area contributed by atoms with Crippen molar-refractivity contribution in [2.75, 3.05) is 26.1 Å². The van der Waals surface area contributed by atoms with E-state index in [1.165, 1.54) is 26.0 Å². The predicted molar refractivity (Wildman–Crippen MR) is 101 cm³/mol. The first-order valence-electron chi connectivity index (χ1n) is 7.93. The Morgan fingerprint density at radius 1 is 1.04 bits per heavy atom. The number of amides is 1. The molecule has 2 aromatic rings. The van der Waals surface area contributed by atoms with Crippen molar-refractivity contribution < 1.29 is 23.8 Å². The fourth-order valence-corrected chi connectivity index (χ4v) is 3.00. The van der Waals surface area contributed by atoms with Crippen LogP contribution in [0.15, 0.2) is 53.4 Å². The van der Waals surface area contributed by atoms with Crippen molar-refractivity contribution in [1.29, 1.82) is 0 Å². The third kappa shape index (κ3) is 5.70. The van der Waals surface area contributed by atoms with E-state index in [4.69, 9.17) is 14.2 Å². The summed E-state index contributed by atoms with van der Waals surface area (Å²) in [5.74, 6) is 0.183. The maximum Gasteiger partial charge on any atom is 0.319 e. The summed E-state index contributed by atoms with van der Waals surface area (Å²) >= 11 is 1.38. The van der Waals surface area contributed by atoms with Crippen molar-refractivity contribution in [2.24, 2.45) is 0 Å². The van der Waals surface area contributed by atoms with Crippen molar-refractivity contribution in [3.63, 3.8) is 0 Å². The normalized spacial score (nSPS) is 11.3. The number of methoxy groups -OCH3 is 2. The van der Waals surface area contributed by atoms with Gasteiger partial charge in [-0.05, 0) is 31.2 Å². The van der Waals surface area contributed by atoms with Crippen LogP contribution in [0, 0.1) is 0 Å². The first-order valence-corrected chi connectivity index (χ1v) is 8.81. The lowest BCUT2D eigenvalue weighted by atomic mass is 10.2. The molecule has 0 aliphatic heterocycles. The van der Waals surface area contributed by atoms with Crippen molar-refractivity contribution in [3.05, 3.63) is 48.5 Å². The molecule has 6 nitrogen and oxygen atoms in total. The topological polar surface area (TPSA) is 73.9 Å². The van der Waals surface area contributed by atoms with Gasteiger partial charge in [-0.3, -0.25) is 9.59 Å². The van der Waals surface area contributed by atoms with Gasteiger partial charge in [-0.2, -0.15) is 0 Å². The lowest BCUT2D eigenvalue weighted by Crippen LogP contribution is -2.24. The zero-order chi connectivity index (χ0) is 18.9. The Kier molecular flexibility index (Phi) is 7.35. The number of esters is 1. The molecule has 138 valence electrons. The Morgan fingerprint density at radius 2 is 1.73 bits per heavy atom. The molecule has 2 rings (SSSR count). The van der Waals surface area contributed by atoms with Gasteiger partial charge in [0.25, 0.3) is 5.91 Å². The van der Waals surface area contributed by atoms with E-state index in [0.717, 1.165) is 4.90 Å². The summed E-state index contributed by atoms with van der Waals surface area (Å²) in [6.07, 6.45) is 0. The molecule has 0 bridgehead atoms. The maximum absolute atomic E-state index is 12.0. The monoisotopic (exact) mass is 375 g/mol. The van der Waals surface area contributed by atoms with E-state index < -0.39 is 17.1 Å². The molecule has 0 aliphatic rings. The molecule has 0 heterocycles. The van der Waals surface area contributed by atoms with Gasteiger partial charge in [0, 0.05) is 16.6 Å². The van der Waals surface area contributed by atoms with Crippen LogP contribution in [0.4, 0.5) is 5.69 Å². The van der Waals surface area contributed by atoms with Gasteiger partial charge in [0.15, 0.2) is 18.1 Å². The first kappa shape index (κ1) is 19.7. The molecule has 0 fully saturated rings. The smallest absolute Gasteiger partial charge is 0.319 e. The molecule has 0 saturated heterocycles. The quantitative estimate of drug-likeness (QED) is 0.563. The fourth-order valence-electron chi connectivity index (χ4n) is 2.12. The molecular weight excluding hydrogens is 354 g/mol. The molecule has 1 N–H and O–H groups in total. The van der Waals surface area contributed by atoms with E-state index in [1.807, 2.05) is 30.3 Å². The SMILES string of the molecule is COc1ccc(NC(=O)COC(=O)[C@H](C)Sc2ccccc2)cc1OC. The first-order chi connectivity index (χ1) is 12.5. The van der Waals surface area contributed by atoms with Crippen LogP contribution in [0.5, 0.6) is 11.5 Å². The molecule has 26 heavy (non-hydrogen) atoms. The van der Waals surface area contributed by atoms with E-state index in [0.29, 0.717) is 17.2 Å². The van der Waals surface area contributed by atoms with Crippen LogP contribution >= 0.6 is 11.8 Å². The van der Waals surface area contributed by atoms with E-state index in [2.05, 4.69) is 5.32 Å². The van der Waals surface area contributed by atoms with Crippen molar-refractivity contribution in [3.8, 4) is 11.5 Å². The van der Waals surface area contributed by atoms with Gasteiger partial charge < -0.3 is 19.5 Å². The zero-order valence-corrected chi connectivity index (χ0v) is 15.7. The summed E-state index contributed by atoms with van der Waals surface area (Å²) < 4.78 is 15.4. The number of anilines is 1. The zero-order valence-electron chi connectivity index (χ0n) is 14.9. The molecule has 0 saturated carbocycles. The Bertz CT molecular complexity index is 751. The highest BCUT2D eigenvalue weighted by molar-refractivity contribution is 8.00. The standard InChI is InChI=1S/C19H21NO5S/c1-13(26-15-7-5-4-6-8-15)19(22)25-12-18(21)20-14-9-10-16(23-2)17(11-14)24-3/h4-11,13H,12H2,1-3H3,(H,20,21)/t13-/m0/s1. The molecule has 1 amide bonds. The van der Waals surface area contributed by atoms with E-state index in [-0.39, 0.29) is 6.61 Å². The highest BCUT2D eigenvalue weighted by Gasteiger charge is 2.17. The highest BCUT2D eigenvalue weighted by Crippen LogP contribution is 2.29. The average molecular weight is 375 g/mol. The summed E-state index contributed by atoms with van der Waals surface area (Å²) in [5, 5.41) is 2.24. The number of nitrogens with one attached hydrogen (secondary N) is 1.